The zero-order chi connectivity index (χ0) is 14.3. The lowest BCUT2D eigenvalue weighted by Crippen LogP contribution is -2.49. The van der Waals surface area contributed by atoms with Gasteiger partial charge in [0, 0.05) is 18.0 Å². The van der Waals surface area contributed by atoms with Crippen LogP contribution in [0.2, 0.25) is 0 Å². The molecule has 0 saturated carbocycles. The Labute approximate surface area is 120 Å². The van der Waals surface area contributed by atoms with Crippen molar-refractivity contribution in [3.8, 4) is 0 Å². The Hall–Kier alpha value is -1.35. The molecular weight excluding hydrogens is 250 g/mol. The first-order valence-electron chi connectivity index (χ1n) is 7.48. The SMILES string of the molecule is COC(=O)[C@@H]1[C@@H](c2ccc(C)cc2)C[C@@H]2CC[C@H]1N2C. The first-order chi connectivity index (χ1) is 9.61. The van der Waals surface area contributed by atoms with Crippen LogP contribution in [0.15, 0.2) is 24.3 Å². The summed E-state index contributed by atoms with van der Waals surface area (Å²) in [5.41, 5.74) is 2.55. The first kappa shape index (κ1) is 13.6. The molecule has 0 amide bonds. The van der Waals surface area contributed by atoms with Crippen LogP contribution < -0.4 is 0 Å². The molecule has 3 rings (SSSR count). The van der Waals surface area contributed by atoms with Gasteiger partial charge in [-0.05, 0) is 38.8 Å². The summed E-state index contributed by atoms with van der Waals surface area (Å²) in [4.78, 5) is 14.7. The van der Waals surface area contributed by atoms with Crippen molar-refractivity contribution in [1.29, 1.82) is 0 Å². The minimum absolute atomic E-state index is 0.0218. The van der Waals surface area contributed by atoms with Gasteiger partial charge in [-0.3, -0.25) is 9.69 Å². The number of nitrogens with zero attached hydrogens (tertiary/aromatic N) is 1. The number of hydrogen-bond acceptors (Lipinski definition) is 3. The van der Waals surface area contributed by atoms with E-state index in [1.54, 1.807) is 0 Å². The fraction of sp³-hybridized carbons (Fsp3) is 0.588. The maximum atomic E-state index is 12.3. The van der Waals surface area contributed by atoms with Crippen LogP contribution in [0.1, 0.15) is 36.3 Å². The van der Waals surface area contributed by atoms with Crippen LogP contribution in [0.5, 0.6) is 0 Å². The van der Waals surface area contributed by atoms with E-state index in [4.69, 9.17) is 4.74 Å². The third-order valence-electron chi connectivity index (χ3n) is 5.25. The molecular formula is C17H23NO2. The van der Waals surface area contributed by atoms with Crippen molar-refractivity contribution < 1.29 is 9.53 Å². The number of methoxy groups -OCH3 is 1. The van der Waals surface area contributed by atoms with Crippen LogP contribution in [-0.4, -0.2) is 37.1 Å². The zero-order valence-corrected chi connectivity index (χ0v) is 12.5. The van der Waals surface area contributed by atoms with E-state index >= 15 is 0 Å². The average Bonchev–Trinajstić information content (AvgIpc) is 2.70. The van der Waals surface area contributed by atoms with E-state index in [0.717, 1.165) is 12.8 Å². The number of piperidine rings is 1. The van der Waals surface area contributed by atoms with Gasteiger partial charge in [0.25, 0.3) is 0 Å². The maximum absolute atomic E-state index is 12.3. The van der Waals surface area contributed by atoms with Crippen molar-refractivity contribution in [2.75, 3.05) is 14.2 Å². The monoisotopic (exact) mass is 273 g/mol. The summed E-state index contributed by atoms with van der Waals surface area (Å²) in [6.07, 6.45) is 3.39. The summed E-state index contributed by atoms with van der Waals surface area (Å²) in [6, 6.07) is 9.61. The largest absolute Gasteiger partial charge is 0.469 e. The second kappa shape index (κ2) is 5.21. The molecule has 4 atom stereocenters. The fourth-order valence-electron chi connectivity index (χ4n) is 4.08. The number of carbonyl (C=O) groups excluding carboxylic acids is 1. The van der Waals surface area contributed by atoms with E-state index in [2.05, 4.69) is 43.1 Å². The van der Waals surface area contributed by atoms with Crippen LogP contribution in [-0.2, 0) is 9.53 Å². The molecule has 3 heteroatoms. The number of hydrogen-bond donors (Lipinski definition) is 0. The lowest BCUT2D eigenvalue weighted by atomic mass is 9.76. The summed E-state index contributed by atoms with van der Waals surface area (Å²) >= 11 is 0. The molecule has 1 aromatic rings. The van der Waals surface area contributed by atoms with Gasteiger partial charge in [-0.2, -0.15) is 0 Å². The van der Waals surface area contributed by atoms with E-state index in [1.807, 2.05) is 0 Å². The van der Waals surface area contributed by atoms with E-state index in [1.165, 1.54) is 24.7 Å². The Morgan fingerprint density at radius 2 is 1.95 bits per heavy atom. The molecule has 0 radical (unpaired) electrons. The van der Waals surface area contributed by atoms with E-state index in [9.17, 15) is 4.79 Å². The lowest BCUT2D eigenvalue weighted by Gasteiger charge is -2.41. The standard InChI is InChI=1S/C17H23NO2/c1-11-4-6-12(7-5-11)14-10-13-8-9-15(18(13)2)16(14)17(19)20-3/h4-7,13-16H,8-10H2,1-3H3/t13-,14+,15+,16+/m0/s1. The van der Waals surface area contributed by atoms with Gasteiger partial charge in [0.1, 0.15) is 0 Å². The third kappa shape index (κ3) is 2.14. The normalized spacial score (nSPS) is 33.1. The maximum Gasteiger partial charge on any atom is 0.310 e. The topological polar surface area (TPSA) is 29.5 Å². The number of ether oxygens (including phenoxy) is 1. The second-order valence-corrected chi connectivity index (χ2v) is 6.27. The van der Waals surface area contributed by atoms with E-state index < -0.39 is 0 Å². The van der Waals surface area contributed by atoms with Crippen molar-refractivity contribution in [3.63, 3.8) is 0 Å². The third-order valence-corrected chi connectivity index (χ3v) is 5.25. The number of benzene rings is 1. The highest BCUT2D eigenvalue weighted by Crippen LogP contribution is 2.46. The zero-order valence-electron chi connectivity index (χ0n) is 12.5. The molecule has 2 aliphatic heterocycles. The highest BCUT2D eigenvalue weighted by atomic mass is 16.5. The number of rotatable bonds is 2. The number of esters is 1. The summed E-state index contributed by atoms with van der Waals surface area (Å²) in [7, 11) is 3.67. The molecule has 0 unspecified atom stereocenters. The van der Waals surface area contributed by atoms with Crippen LogP contribution in [0, 0.1) is 12.8 Å². The van der Waals surface area contributed by atoms with Crippen molar-refractivity contribution in [2.45, 2.75) is 44.2 Å². The minimum atomic E-state index is -0.0484. The van der Waals surface area contributed by atoms with Crippen molar-refractivity contribution in [1.82, 2.24) is 4.90 Å². The van der Waals surface area contributed by atoms with Crippen LogP contribution in [0.3, 0.4) is 0 Å². The van der Waals surface area contributed by atoms with Gasteiger partial charge in [0.05, 0.1) is 13.0 Å². The van der Waals surface area contributed by atoms with Crippen LogP contribution in [0.25, 0.3) is 0 Å². The molecule has 2 aliphatic rings. The van der Waals surface area contributed by atoms with Crippen LogP contribution in [0.4, 0.5) is 0 Å². The molecule has 20 heavy (non-hydrogen) atoms. The van der Waals surface area contributed by atoms with Crippen molar-refractivity contribution in [2.24, 2.45) is 5.92 Å². The van der Waals surface area contributed by atoms with Crippen molar-refractivity contribution >= 4 is 5.97 Å². The van der Waals surface area contributed by atoms with Crippen LogP contribution >= 0.6 is 0 Å². The van der Waals surface area contributed by atoms with Gasteiger partial charge >= 0.3 is 5.97 Å². The Morgan fingerprint density at radius 1 is 1.25 bits per heavy atom. The summed E-state index contributed by atoms with van der Waals surface area (Å²) in [5.74, 6) is 0.232. The molecule has 0 N–H and O–H groups in total. The van der Waals surface area contributed by atoms with Gasteiger partial charge in [0.2, 0.25) is 0 Å². The van der Waals surface area contributed by atoms with Gasteiger partial charge in [0.15, 0.2) is 0 Å². The van der Waals surface area contributed by atoms with Crippen molar-refractivity contribution in [3.05, 3.63) is 35.4 Å². The average molecular weight is 273 g/mol. The molecule has 2 saturated heterocycles. The molecule has 1 aromatic carbocycles. The second-order valence-electron chi connectivity index (χ2n) is 6.27. The molecule has 0 spiro atoms. The molecule has 0 aliphatic carbocycles. The number of fused-ring (bicyclic) bond motifs is 2. The fourth-order valence-corrected chi connectivity index (χ4v) is 4.08. The molecule has 0 aromatic heterocycles. The predicted octanol–water partition coefficient (Wildman–Crippen LogP) is 2.73. The molecule has 3 nitrogen and oxygen atoms in total. The van der Waals surface area contributed by atoms with E-state index in [0.29, 0.717) is 18.0 Å². The van der Waals surface area contributed by atoms with Gasteiger partial charge < -0.3 is 4.74 Å². The Kier molecular flexibility index (Phi) is 3.55. The Balaban J connectivity index is 1.95. The summed E-state index contributed by atoms with van der Waals surface area (Å²) < 4.78 is 5.10. The van der Waals surface area contributed by atoms with E-state index in [-0.39, 0.29) is 11.9 Å². The highest BCUT2D eigenvalue weighted by Gasteiger charge is 2.49. The lowest BCUT2D eigenvalue weighted by molar-refractivity contribution is -0.150. The number of carbonyl (C=O) groups is 1. The highest BCUT2D eigenvalue weighted by molar-refractivity contribution is 5.75. The molecule has 2 bridgehead atoms. The Bertz CT molecular complexity index is 496. The van der Waals surface area contributed by atoms with Gasteiger partial charge in [-0.1, -0.05) is 29.8 Å². The first-order valence-corrected chi connectivity index (χ1v) is 7.48. The molecule has 2 heterocycles. The number of aryl methyl sites for hydroxylation is 1. The quantitative estimate of drug-likeness (QED) is 0.776. The summed E-state index contributed by atoms with van der Waals surface area (Å²) in [6.45, 7) is 2.10. The van der Waals surface area contributed by atoms with Gasteiger partial charge in [-0.25, -0.2) is 0 Å². The summed E-state index contributed by atoms with van der Waals surface area (Å²) in [5, 5.41) is 0. The molecule has 2 fully saturated rings. The Morgan fingerprint density at radius 3 is 2.60 bits per heavy atom. The predicted molar refractivity (Wildman–Crippen MR) is 78.6 cm³/mol. The smallest absolute Gasteiger partial charge is 0.310 e. The molecule has 108 valence electrons. The van der Waals surface area contributed by atoms with Gasteiger partial charge in [-0.15, -0.1) is 0 Å². The minimum Gasteiger partial charge on any atom is -0.469 e.